The Morgan fingerprint density at radius 2 is 1.46 bits per heavy atom. The molecule has 0 bridgehead atoms. The molecule has 62 valence electrons. The van der Waals surface area contributed by atoms with Gasteiger partial charge < -0.3 is 0 Å². The Bertz CT molecular complexity index is 594. The van der Waals surface area contributed by atoms with Gasteiger partial charge >= 0.3 is 5.36 Å². The van der Waals surface area contributed by atoms with Crippen molar-refractivity contribution in [2.45, 2.75) is 0 Å². The van der Waals surface area contributed by atoms with E-state index >= 15 is 0 Å². The maximum atomic E-state index is 11.4. The Balaban J connectivity index is 3.37. The minimum absolute atomic E-state index is 0.291. The van der Waals surface area contributed by atoms with Crippen LogP contribution in [0.4, 0.5) is 0 Å². The molecule has 0 saturated carbocycles. The van der Waals surface area contributed by atoms with E-state index in [1.807, 2.05) is 0 Å². The van der Waals surface area contributed by atoms with E-state index in [0.717, 1.165) is 0 Å². The van der Waals surface area contributed by atoms with E-state index in [-0.39, 0.29) is 5.36 Å². The summed E-state index contributed by atoms with van der Waals surface area (Å²) >= 11 is 0. The van der Waals surface area contributed by atoms with Crippen LogP contribution in [0.2, 0.25) is 0 Å². The molecule has 0 saturated heterocycles. The normalized spacial score (nSPS) is 10.2. The summed E-state index contributed by atoms with van der Waals surface area (Å²) < 4.78 is 0. The summed E-state index contributed by atoms with van der Waals surface area (Å²) in [4.78, 5) is 25.7. The van der Waals surface area contributed by atoms with Crippen LogP contribution in [0.3, 0.4) is 0 Å². The molecule has 13 heavy (non-hydrogen) atoms. The molecule has 0 atom stereocenters. The molecule has 4 heteroatoms. The lowest BCUT2D eigenvalue weighted by Gasteiger charge is -1.80. The van der Waals surface area contributed by atoms with Gasteiger partial charge in [-0.2, -0.15) is 0 Å². The second kappa shape index (κ2) is 2.47. The molecule has 2 aromatic rings. The minimum atomic E-state index is -0.449. The predicted molar refractivity (Wildman–Crippen MR) is 45.0 cm³/mol. The molecule has 0 aliphatic carbocycles. The average Bonchev–Trinajstić information content (AvgIpc) is 2.41. The van der Waals surface area contributed by atoms with Crippen molar-refractivity contribution in [2.24, 2.45) is 0 Å². The zero-order valence-corrected chi connectivity index (χ0v) is 6.57. The molecule has 0 radical (unpaired) electrons. The first-order valence-corrected chi connectivity index (χ1v) is 3.68. The van der Waals surface area contributed by atoms with E-state index in [4.69, 9.17) is 5.53 Å². The number of hydrogen-bond acceptors (Lipinski definition) is 3. The van der Waals surface area contributed by atoms with E-state index in [9.17, 15) is 9.59 Å². The number of rotatable bonds is 0. The molecular weight excluding hydrogens is 168 g/mol. The van der Waals surface area contributed by atoms with Gasteiger partial charge in [-0.1, -0.05) is 12.1 Å². The second-order valence-electron chi connectivity index (χ2n) is 2.66. The van der Waals surface area contributed by atoms with Crippen LogP contribution in [0.15, 0.2) is 33.9 Å². The first-order chi connectivity index (χ1) is 6.25. The monoisotopic (exact) mass is 173 g/mol. The number of hydrogen-bond donors (Lipinski definition) is 1. The molecule has 4 nitrogen and oxygen atoms in total. The van der Waals surface area contributed by atoms with Crippen LogP contribution < -0.4 is 16.2 Å². The first kappa shape index (κ1) is 7.58. The third-order valence-electron chi connectivity index (χ3n) is 1.96. The molecule has 0 spiro atoms. The van der Waals surface area contributed by atoms with E-state index in [0.29, 0.717) is 10.8 Å². The summed E-state index contributed by atoms with van der Waals surface area (Å²) in [7, 11) is 0. The molecule has 0 heterocycles. The van der Waals surface area contributed by atoms with Gasteiger partial charge in [0, 0.05) is 10.8 Å². The molecule has 0 unspecified atom stereocenters. The molecule has 0 aliphatic rings. The topological polar surface area (TPSA) is 72.1 Å². The highest BCUT2D eigenvalue weighted by atomic mass is 16.1. The summed E-state index contributed by atoms with van der Waals surface area (Å²) in [6.45, 7) is 0. The summed E-state index contributed by atoms with van der Waals surface area (Å²) in [6.07, 6.45) is 0. The van der Waals surface area contributed by atoms with Crippen LogP contribution in [0, 0.1) is 5.53 Å². The Morgan fingerprint density at radius 1 is 1.00 bits per heavy atom. The van der Waals surface area contributed by atoms with Crippen molar-refractivity contribution in [3.63, 3.8) is 0 Å². The van der Waals surface area contributed by atoms with Gasteiger partial charge in [-0.3, -0.25) is 9.59 Å². The summed E-state index contributed by atoms with van der Waals surface area (Å²) in [5.74, 6) is 0. The highest BCUT2D eigenvalue weighted by Crippen LogP contribution is 2.01. The van der Waals surface area contributed by atoms with Gasteiger partial charge in [0.2, 0.25) is 0 Å². The van der Waals surface area contributed by atoms with Crippen molar-refractivity contribution >= 4 is 10.8 Å². The van der Waals surface area contributed by atoms with Crippen LogP contribution in [0.25, 0.3) is 10.8 Å². The highest BCUT2D eigenvalue weighted by Gasteiger charge is 2.16. The lowest BCUT2D eigenvalue weighted by atomic mass is 10.2. The van der Waals surface area contributed by atoms with Gasteiger partial charge in [0.15, 0.2) is 0 Å². The van der Waals surface area contributed by atoms with Crippen LogP contribution in [-0.4, -0.2) is 4.79 Å². The van der Waals surface area contributed by atoms with Crippen molar-refractivity contribution in [3.8, 4) is 0 Å². The molecule has 0 amide bonds. The molecule has 2 aromatic carbocycles. The van der Waals surface area contributed by atoms with Gasteiger partial charge in [0.05, 0.1) is 10.3 Å². The SMILES string of the molecule is N=[N+]=c1c(=O)c2ccccc2c1=O. The van der Waals surface area contributed by atoms with E-state index in [1.54, 1.807) is 24.3 Å². The van der Waals surface area contributed by atoms with Crippen LogP contribution >= 0.6 is 0 Å². The smallest absolute Gasteiger partial charge is 0.280 e. The van der Waals surface area contributed by atoms with Crippen molar-refractivity contribution in [2.75, 3.05) is 0 Å². The lowest BCUT2D eigenvalue weighted by molar-refractivity contribution is -0.173. The fourth-order valence-corrected chi connectivity index (χ4v) is 1.34. The highest BCUT2D eigenvalue weighted by molar-refractivity contribution is 5.82. The second-order valence-corrected chi connectivity index (χ2v) is 2.66. The molecule has 0 aliphatic heterocycles. The van der Waals surface area contributed by atoms with Crippen molar-refractivity contribution < 1.29 is 4.79 Å². The predicted octanol–water partition coefficient (Wildman–Crippen LogP) is -0.424. The fraction of sp³-hybridized carbons (Fsp3) is 0. The maximum Gasteiger partial charge on any atom is 0.459 e. The fourth-order valence-electron chi connectivity index (χ4n) is 1.34. The molecular formula is C9H5N2O2+. The largest absolute Gasteiger partial charge is 0.459 e. The maximum absolute atomic E-state index is 11.4. The molecule has 0 fully saturated rings. The number of nitrogens with zero attached hydrogens (tertiary/aromatic N) is 1. The summed E-state index contributed by atoms with van der Waals surface area (Å²) in [5.41, 5.74) is 5.79. The Kier molecular flexibility index (Phi) is 1.44. The zero-order valence-electron chi connectivity index (χ0n) is 6.57. The van der Waals surface area contributed by atoms with Crippen molar-refractivity contribution in [1.29, 1.82) is 5.53 Å². The van der Waals surface area contributed by atoms with Gasteiger partial charge in [0.1, 0.15) is 0 Å². The standard InChI is InChI=1S/C9H5N2O2/c10-11-7-8(12)5-3-1-2-4-6(5)9(7)13/h1-4,10H/q+1. The Morgan fingerprint density at radius 3 is 1.85 bits per heavy atom. The lowest BCUT2D eigenvalue weighted by Crippen LogP contribution is -2.32. The Labute approximate surface area is 72.0 Å². The van der Waals surface area contributed by atoms with Crippen molar-refractivity contribution in [1.82, 2.24) is 0 Å². The van der Waals surface area contributed by atoms with E-state index in [1.165, 1.54) is 0 Å². The van der Waals surface area contributed by atoms with Crippen LogP contribution in [-0.2, 0) is 0 Å². The summed E-state index contributed by atoms with van der Waals surface area (Å²) in [6, 6.07) is 6.48. The Hall–Kier alpha value is -2.06. The number of nitrogens with one attached hydrogen (secondary N) is 1. The minimum Gasteiger partial charge on any atom is -0.280 e. The molecule has 0 aromatic heterocycles. The third-order valence-corrected chi connectivity index (χ3v) is 1.96. The van der Waals surface area contributed by atoms with Crippen molar-refractivity contribution in [3.05, 3.63) is 50.1 Å². The van der Waals surface area contributed by atoms with Gasteiger partial charge in [-0.05, 0) is 12.1 Å². The third kappa shape index (κ3) is 0.863. The summed E-state index contributed by atoms with van der Waals surface area (Å²) in [5, 5.41) is 0.401. The van der Waals surface area contributed by atoms with E-state index < -0.39 is 10.9 Å². The van der Waals surface area contributed by atoms with Crippen LogP contribution in [0.1, 0.15) is 0 Å². The van der Waals surface area contributed by atoms with Gasteiger partial charge in [-0.15, -0.1) is 0 Å². The quantitative estimate of drug-likeness (QED) is 0.434. The van der Waals surface area contributed by atoms with Crippen LogP contribution in [0.5, 0.6) is 0 Å². The zero-order chi connectivity index (χ0) is 9.42. The number of benzene rings is 1. The number of fused-ring (bicyclic) bond motifs is 1. The average molecular weight is 173 g/mol. The van der Waals surface area contributed by atoms with Gasteiger partial charge in [0.25, 0.3) is 10.9 Å². The van der Waals surface area contributed by atoms with E-state index in [2.05, 4.69) is 4.79 Å². The molecule has 1 N–H and O–H groups in total. The first-order valence-electron chi connectivity index (χ1n) is 3.68. The van der Waals surface area contributed by atoms with Gasteiger partial charge in [-0.25, -0.2) is 0 Å². The molecule has 2 rings (SSSR count).